The van der Waals surface area contributed by atoms with Crippen LogP contribution in [0.4, 0.5) is 28.8 Å². The molecular weight excluding hydrogens is 408 g/mol. The summed E-state index contributed by atoms with van der Waals surface area (Å²) < 4.78 is 0. The number of carbonyl (C=O) groups is 2. The van der Waals surface area contributed by atoms with Gasteiger partial charge in [-0.15, -0.1) is 10.2 Å². The molecular formula is C22H24N8O2. The molecule has 0 unspecified atom stereocenters. The number of nitrogens with zero attached hydrogens (tertiary/aromatic N) is 5. The van der Waals surface area contributed by atoms with Crippen molar-refractivity contribution in [2.24, 2.45) is 5.92 Å². The molecule has 1 fully saturated rings. The van der Waals surface area contributed by atoms with Crippen molar-refractivity contribution in [3.63, 3.8) is 0 Å². The minimum Gasteiger partial charge on any atom is -0.355 e. The lowest BCUT2D eigenvalue weighted by Gasteiger charge is -2.31. The molecule has 1 aliphatic rings. The summed E-state index contributed by atoms with van der Waals surface area (Å²) in [7, 11) is 0. The van der Waals surface area contributed by atoms with Crippen LogP contribution in [0.25, 0.3) is 0 Å². The molecule has 1 aliphatic heterocycles. The fourth-order valence-corrected chi connectivity index (χ4v) is 3.51. The average Bonchev–Trinajstić information content (AvgIpc) is 2.81. The Labute approximate surface area is 185 Å². The second kappa shape index (κ2) is 9.82. The van der Waals surface area contributed by atoms with Crippen molar-refractivity contribution in [3.05, 3.63) is 55.0 Å². The van der Waals surface area contributed by atoms with Crippen LogP contribution in [0.5, 0.6) is 0 Å². The number of carbonyl (C=O) groups excluding carboxylic acids is 2. The van der Waals surface area contributed by atoms with Gasteiger partial charge in [-0.3, -0.25) is 9.59 Å². The maximum absolute atomic E-state index is 12.6. The van der Waals surface area contributed by atoms with Crippen molar-refractivity contribution in [2.75, 3.05) is 33.9 Å². The van der Waals surface area contributed by atoms with Crippen LogP contribution in [0.2, 0.25) is 0 Å². The summed E-state index contributed by atoms with van der Waals surface area (Å²) in [6.45, 7) is 2.92. The van der Waals surface area contributed by atoms with E-state index >= 15 is 0 Å². The van der Waals surface area contributed by atoms with Gasteiger partial charge in [0.15, 0.2) is 11.6 Å². The van der Waals surface area contributed by atoms with Gasteiger partial charge in [-0.2, -0.15) is 0 Å². The van der Waals surface area contributed by atoms with E-state index in [0.29, 0.717) is 23.0 Å². The first-order chi connectivity index (χ1) is 15.6. The molecule has 3 heterocycles. The van der Waals surface area contributed by atoms with E-state index < -0.39 is 0 Å². The zero-order valence-corrected chi connectivity index (χ0v) is 17.7. The predicted molar refractivity (Wildman–Crippen MR) is 122 cm³/mol. The van der Waals surface area contributed by atoms with Crippen molar-refractivity contribution >= 4 is 40.6 Å². The summed E-state index contributed by atoms with van der Waals surface area (Å²) in [6, 6.07) is 12.6. The van der Waals surface area contributed by atoms with E-state index in [2.05, 4.69) is 41.0 Å². The highest BCUT2D eigenvalue weighted by molar-refractivity contribution is 5.93. The van der Waals surface area contributed by atoms with Crippen molar-refractivity contribution in [3.8, 4) is 0 Å². The van der Waals surface area contributed by atoms with Gasteiger partial charge in [-0.25, -0.2) is 9.97 Å². The average molecular weight is 432 g/mol. The number of aromatic nitrogens is 4. The minimum atomic E-state index is -0.130. The second-order valence-corrected chi connectivity index (χ2v) is 7.51. The molecule has 0 aliphatic carbocycles. The molecule has 164 valence electrons. The number of rotatable bonds is 6. The molecule has 4 rings (SSSR count). The largest absolute Gasteiger partial charge is 0.355 e. The van der Waals surface area contributed by atoms with Gasteiger partial charge in [-0.1, -0.05) is 0 Å². The number of hydrogen-bond donors (Lipinski definition) is 3. The highest BCUT2D eigenvalue weighted by atomic mass is 16.2. The molecule has 32 heavy (non-hydrogen) atoms. The molecule has 3 N–H and O–H groups in total. The Hall–Kier alpha value is -4.08. The molecule has 0 saturated carbocycles. The summed E-state index contributed by atoms with van der Waals surface area (Å²) in [4.78, 5) is 33.9. The Morgan fingerprint density at radius 3 is 2.22 bits per heavy atom. The molecule has 0 spiro atoms. The maximum atomic E-state index is 12.6. The highest BCUT2D eigenvalue weighted by Gasteiger charge is 2.26. The van der Waals surface area contributed by atoms with Crippen LogP contribution in [-0.4, -0.2) is 45.1 Å². The third-order valence-corrected chi connectivity index (χ3v) is 5.15. The molecule has 1 aromatic carbocycles. The quantitative estimate of drug-likeness (QED) is 0.543. The van der Waals surface area contributed by atoms with Crippen LogP contribution >= 0.6 is 0 Å². The van der Waals surface area contributed by atoms with Gasteiger partial charge < -0.3 is 20.9 Å². The van der Waals surface area contributed by atoms with Gasteiger partial charge in [0.05, 0.1) is 0 Å². The van der Waals surface area contributed by atoms with Crippen molar-refractivity contribution in [2.45, 2.75) is 19.8 Å². The van der Waals surface area contributed by atoms with E-state index in [0.717, 1.165) is 31.7 Å². The van der Waals surface area contributed by atoms with Crippen molar-refractivity contribution in [1.82, 2.24) is 20.2 Å². The maximum Gasteiger partial charge on any atom is 0.227 e. The van der Waals surface area contributed by atoms with Crippen molar-refractivity contribution in [1.29, 1.82) is 0 Å². The van der Waals surface area contributed by atoms with Crippen LogP contribution < -0.4 is 20.9 Å². The Balaban J connectivity index is 1.27. The van der Waals surface area contributed by atoms with Gasteiger partial charge in [0.2, 0.25) is 11.8 Å². The molecule has 3 aromatic rings. The Morgan fingerprint density at radius 2 is 1.62 bits per heavy atom. The number of nitrogens with one attached hydrogen (secondary N) is 3. The molecule has 10 nitrogen and oxygen atoms in total. The summed E-state index contributed by atoms with van der Waals surface area (Å²) in [5, 5.41) is 17.3. The standard InChI is InChI=1S/C22H24N8O2/c1-15(31)25-17-2-4-18(5-3-17)26-22(32)16-9-12-30(13-10-16)21-7-6-20(28-29-21)27-19-8-11-23-14-24-19/h2-8,11,14,16H,9-10,12-13H2,1H3,(H,25,31)(H,26,32)(H,23,24,27,28). The summed E-state index contributed by atoms with van der Waals surface area (Å²) in [5.41, 5.74) is 1.41. The van der Waals surface area contributed by atoms with E-state index in [1.54, 1.807) is 36.5 Å². The van der Waals surface area contributed by atoms with Gasteiger partial charge in [0.25, 0.3) is 0 Å². The van der Waals surface area contributed by atoms with E-state index in [-0.39, 0.29) is 17.7 Å². The van der Waals surface area contributed by atoms with E-state index in [4.69, 9.17) is 0 Å². The normalized spacial score (nSPS) is 14.0. The fourth-order valence-electron chi connectivity index (χ4n) is 3.51. The Morgan fingerprint density at radius 1 is 0.906 bits per heavy atom. The Bertz CT molecular complexity index is 1050. The van der Waals surface area contributed by atoms with Crippen LogP contribution in [0.3, 0.4) is 0 Å². The summed E-state index contributed by atoms with van der Waals surface area (Å²) in [6.07, 6.45) is 4.58. The van der Waals surface area contributed by atoms with Crippen LogP contribution in [0.1, 0.15) is 19.8 Å². The highest BCUT2D eigenvalue weighted by Crippen LogP contribution is 2.24. The molecule has 0 atom stereocenters. The number of benzene rings is 1. The zero-order chi connectivity index (χ0) is 22.3. The molecule has 1 saturated heterocycles. The molecule has 0 radical (unpaired) electrons. The van der Waals surface area contributed by atoms with Crippen LogP contribution in [-0.2, 0) is 9.59 Å². The lowest BCUT2D eigenvalue weighted by atomic mass is 9.96. The number of anilines is 5. The zero-order valence-electron chi connectivity index (χ0n) is 17.7. The number of piperidine rings is 1. The first kappa shape index (κ1) is 21.2. The monoisotopic (exact) mass is 432 g/mol. The molecule has 10 heteroatoms. The molecule has 2 aromatic heterocycles. The third kappa shape index (κ3) is 5.54. The lowest BCUT2D eigenvalue weighted by Crippen LogP contribution is -2.38. The van der Waals surface area contributed by atoms with E-state index in [1.165, 1.54) is 13.3 Å². The molecule has 2 amide bonds. The van der Waals surface area contributed by atoms with Gasteiger partial charge in [-0.05, 0) is 55.3 Å². The van der Waals surface area contributed by atoms with E-state index in [9.17, 15) is 9.59 Å². The smallest absolute Gasteiger partial charge is 0.227 e. The SMILES string of the molecule is CC(=O)Nc1ccc(NC(=O)C2CCN(c3ccc(Nc4ccncn4)nn3)CC2)cc1. The number of hydrogen-bond acceptors (Lipinski definition) is 8. The topological polar surface area (TPSA) is 125 Å². The fraction of sp³-hybridized carbons (Fsp3) is 0.273. The van der Waals surface area contributed by atoms with Crippen LogP contribution in [0.15, 0.2) is 55.0 Å². The van der Waals surface area contributed by atoms with E-state index in [1.807, 2.05) is 12.1 Å². The van der Waals surface area contributed by atoms with Crippen LogP contribution in [0, 0.1) is 5.92 Å². The molecule has 0 bridgehead atoms. The minimum absolute atomic E-state index is 0.00686. The predicted octanol–water partition coefficient (Wildman–Crippen LogP) is 2.82. The second-order valence-electron chi connectivity index (χ2n) is 7.51. The third-order valence-electron chi connectivity index (χ3n) is 5.15. The first-order valence-corrected chi connectivity index (χ1v) is 10.4. The van der Waals surface area contributed by atoms with Gasteiger partial charge in [0, 0.05) is 43.5 Å². The Kier molecular flexibility index (Phi) is 6.49. The summed E-state index contributed by atoms with van der Waals surface area (Å²) in [5.74, 6) is 1.85. The van der Waals surface area contributed by atoms with Crippen molar-refractivity contribution < 1.29 is 9.59 Å². The summed E-state index contributed by atoms with van der Waals surface area (Å²) >= 11 is 0. The lowest BCUT2D eigenvalue weighted by molar-refractivity contribution is -0.120. The first-order valence-electron chi connectivity index (χ1n) is 10.4. The van der Waals surface area contributed by atoms with Gasteiger partial charge in [0.1, 0.15) is 12.1 Å². The number of amides is 2. The van der Waals surface area contributed by atoms with Gasteiger partial charge >= 0.3 is 0 Å².